The molecule has 1 aromatic carbocycles. The summed E-state index contributed by atoms with van der Waals surface area (Å²) in [5, 5.41) is 10.1. The van der Waals surface area contributed by atoms with Gasteiger partial charge < -0.3 is 14.8 Å². The number of imidazole rings is 1. The Hall–Kier alpha value is -3.17. The van der Waals surface area contributed by atoms with Crippen LogP contribution in [-0.4, -0.2) is 40.0 Å². The molecule has 0 unspecified atom stereocenters. The predicted molar refractivity (Wildman–Crippen MR) is 117 cm³/mol. The van der Waals surface area contributed by atoms with E-state index >= 15 is 0 Å². The first-order valence-electron chi connectivity index (χ1n) is 10.7. The maximum absolute atomic E-state index is 12.8. The van der Waals surface area contributed by atoms with E-state index in [4.69, 9.17) is 11.2 Å². The van der Waals surface area contributed by atoms with Crippen LogP contribution < -0.4 is 0 Å². The van der Waals surface area contributed by atoms with Gasteiger partial charge in [-0.2, -0.15) is 0 Å². The van der Waals surface area contributed by atoms with Crippen LogP contribution in [0.2, 0.25) is 0 Å². The predicted octanol–water partition coefficient (Wildman–Crippen LogP) is 3.91. The van der Waals surface area contributed by atoms with Crippen molar-refractivity contribution in [3.63, 3.8) is 0 Å². The largest absolute Gasteiger partial charge is 0.481 e. The number of hydrogen-bond donors (Lipinski definition) is 2. The molecule has 2 N–H and O–H groups in total. The zero-order chi connectivity index (χ0) is 21.8. The molecule has 6 heteroatoms. The first-order chi connectivity index (χ1) is 15.0. The van der Waals surface area contributed by atoms with Crippen molar-refractivity contribution in [3.8, 4) is 12.3 Å². The van der Waals surface area contributed by atoms with Crippen LogP contribution >= 0.6 is 0 Å². The van der Waals surface area contributed by atoms with Crippen LogP contribution in [0.1, 0.15) is 71.5 Å². The van der Waals surface area contributed by atoms with Gasteiger partial charge in [-0.3, -0.25) is 9.59 Å². The molecule has 0 atom stereocenters. The second-order valence-electron chi connectivity index (χ2n) is 8.24. The van der Waals surface area contributed by atoms with Gasteiger partial charge in [0.05, 0.1) is 11.6 Å². The standard InChI is InChI=1S/C25H26N2O4/c1-2-20-16-26-23(27-20)22(28)14-18-8-9-19(15-21(18)17-6-4-3-5-7-17)25(24(29)30)10-12-31-13-11-25/h1,6,8-9,15-16H,3-5,7,10-14H2,(H,26,27)(H,29,30). The van der Waals surface area contributed by atoms with E-state index in [1.165, 1.54) is 11.8 Å². The molecule has 1 saturated heterocycles. The van der Waals surface area contributed by atoms with Crippen molar-refractivity contribution in [1.29, 1.82) is 0 Å². The molecule has 0 spiro atoms. The first-order valence-corrected chi connectivity index (χ1v) is 10.7. The number of H-pyrrole nitrogens is 1. The van der Waals surface area contributed by atoms with Crippen molar-refractivity contribution in [1.82, 2.24) is 9.97 Å². The Morgan fingerprint density at radius 2 is 2.06 bits per heavy atom. The summed E-state index contributed by atoms with van der Waals surface area (Å²) < 4.78 is 5.44. The third kappa shape index (κ3) is 4.19. The quantitative estimate of drug-likeness (QED) is 0.548. The minimum atomic E-state index is -0.951. The average molecular weight is 418 g/mol. The number of terminal acetylenes is 1. The fourth-order valence-electron chi connectivity index (χ4n) is 4.55. The van der Waals surface area contributed by atoms with E-state index in [0.29, 0.717) is 31.7 Å². The number of allylic oxidation sites excluding steroid dienone is 2. The summed E-state index contributed by atoms with van der Waals surface area (Å²) in [4.78, 5) is 32.1. The molecule has 4 rings (SSSR count). The van der Waals surface area contributed by atoms with E-state index in [9.17, 15) is 14.7 Å². The fourth-order valence-corrected chi connectivity index (χ4v) is 4.55. The number of carboxylic acid groups (broad SMARTS) is 1. The van der Waals surface area contributed by atoms with Gasteiger partial charge in [-0.1, -0.05) is 30.2 Å². The van der Waals surface area contributed by atoms with Gasteiger partial charge in [-0.05, 0) is 60.8 Å². The smallest absolute Gasteiger partial charge is 0.314 e. The van der Waals surface area contributed by atoms with Crippen molar-refractivity contribution >= 4 is 17.3 Å². The van der Waals surface area contributed by atoms with Gasteiger partial charge in [-0.15, -0.1) is 6.42 Å². The van der Waals surface area contributed by atoms with Gasteiger partial charge in [0.2, 0.25) is 5.78 Å². The first kappa shape index (κ1) is 21.1. The summed E-state index contributed by atoms with van der Waals surface area (Å²) in [5.41, 5.74) is 3.35. The monoisotopic (exact) mass is 418 g/mol. The lowest BCUT2D eigenvalue weighted by atomic mass is 9.72. The van der Waals surface area contributed by atoms with E-state index in [0.717, 1.165) is 42.4 Å². The maximum Gasteiger partial charge on any atom is 0.314 e. The normalized spacial score (nSPS) is 18.1. The van der Waals surface area contributed by atoms with Crippen LogP contribution in [0.5, 0.6) is 0 Å². The Kier molecular flexibility index (Phi) is 6.06. The number of nitrogens with zero attached hydrogens (tertiary/aromatic N) is 1. The number of carbonyl (C=O) groups excluding carboxylic acids is 1. The lowest BCUT2D eigenvalue weighted by Crippen LogP contribution is -2.41. The zero-order valence-electron chi connectivity index (χ0n) is 17.4. The van der Waals surface area contributed by atoms with Crippen LogP contribution in [0.25, 0.3) is 5.57 Å². The van der Waals surface area contributed by atoms with Crippen molar-refractivity contribution in [2.75, 3.05) is 13.2 Å². The molecule has 1 aliphatic heterocycles. The number of hydrogen-bond acceptors (Lipinski definition) is 4. The molecule has 1 aliphatic carbocycles. The molecular weight excluding hydrogens is 392 g/mol. The van der Waals surface area contributed by atoms with Crippen molar-refractivity contribution in [2.45, 2.75) is 50.4 Å². The summed E-state index contributed by atoms with van der Waals surface area (Å²) in [6.07, 6.45) is 14.3. The molecular formula is C25H26N2O4. The van der Waals surface area contributed by atoms with Crippen molar-refractivity contribution in [3.05, 3.63) is 58.7 Å². The number of aromatic nitrogens is 2. The molecule has 0 saturated carbocycles. The van der Waals surface area contributed by atoms with Crippen LogP contribution in [0.4, 0.5) is 0 Å². The topological polar surface area (TPSA) is 92.3 Å². The molecule has 0 bridgehead atoms. The Labute approximate surface area is 181 Å². The second-order valence-corrected chi connectivity index (χ2v) is 8.24. The van der Waals surface area contributed by atoms with Gasteiger partial charge >= 0.3 is 5.97 Å². The van der Waals surface area contributed by atoms with Gasteiger partial charge in [0.1, 0.15) is 5.69 Å². The highest BCUT2D eigenvalue weighted by Gasteiger charge is 2.42. The van der Waals surface area contributed by atoms with Crippen LogP contribution in [0.15, 0.2) is 30.5 Å². The number of benzene rings is 1. The molecule has 1 aromatic heterocycles. The number of ether oxygens (including phenoxy) is 1. The lowest BCUT2D eigenvalue weighted by molar-refractivity contribution is -0.147. The zero-order valence-corrected chi connectivity index (χ0v) is 17.4. The Balaban J connectivity index is 1.73. The molecule has 1 fully saturated rings. The number of aliphatic carboxylic acids is 1. The molecule has 6 nitrogen and oxygen atoms in total. The van der Waals surface area contributed by atoms with Crippen LogP contribution in [0.3, 0.4) is 0 Å². The highest BCUT2D eigenvalue weighted by atomic mass is 16.5. The molecule has 31 heavy (non-hydrogen) atoms. The lowest BCUT2D eigenvalue weighted by Gasteiger charge is -2.34. The second kappa shape index (κ2) is 8.91. The fraction of sp³-hybridized carbons (Fsp3) is 0.400. The minimum absolute atomic E-state index is 0.147. The van der Waals surface area contributed by atoms with Gasteiger partial charge in [0.15, 0.2) is 5.82 Å². The summed E-state index contributed by atoms with van der Waals surface area (Å²) in [7, 11) is 0. The van der Waals surface area contributed by atoms with Gasteiger partial charge in [0, 0.05) is 19.6 Å². The van der Waals surface area contributed by atoms with E-state index < -0.39 is 11.4 Å². The SMILES string of the molecule is C#Cc1cnc(C(=O)Cc2ccc(C3(C(=O)O)CCOCC3)cc2C2=CCCCC2)[nH]1. The van der Waals surface area contributed by atoms with E-state index in [2.05, 4.69) is 22.0 Å². The number of nitrogens with one attached hydrogen (secondary N) is 1. The van der Waals surface area contributed by atoms with E-state index in [-0.39, 0.29) is 18.0 Å². The minimum Gasteiger partial charge on any atom is -0.481 e. The highest BCUT2D eigenvalue weighted by molar-refractivity contribution is 5.95. The highest BCUT2D eigenvalue weighted by Crippen LogP contribution is 2.38. The molecule has 2 aliphatic rings. The third-order valence-corrected chi connectivity index (χ3v) is 6.40. The summed E-state index contributed by atoms with van der Waals surface area (Å²) in [6.45, 7) is 0.862. The number of aromatic amines is 1. The third-order valence-electron chi connectivity index (χ3n) is 6.40. The maximum atomic E-state index is 12.8. The number of ketones is 1. The molecule has 2 aromatic rings. The van der Waals surface area contributed by atoms with Crippen molar-refractivity contribution < 1.29 is 19.4 Å². The van der Waals surface area contributed by atoms with Gasteiger partial charge in [-0.25, -0.2) is 4.98 Å². The van der Waals surface area contributed by atoms with E-state index in [1.54, 1.807) is 0 Å². The van der Waals surface area contributed by atoms with Crippen LogP contribution in [0, 0.1) is 12.3 Å². The molecule has 2 heterocycles. The Morgan fingerprint density at radius 3 is 2.71 bits per heavy atom. The van der Waals surface area contributed by atoms with Crippen LogP contribution in [-0.2, 0) is 21.4 Å². The molecule has 160 valence electrons. The number of Topliss-reactive ketones (excluding diaryl/α,β-unsaturated/α-hetero) is 1. The molecule has 0 amide bonds. The summed E-state index contributed by atoms with van der Waals surface area (Å²) in [6, 6.07) is 5.77. The number of rotatable bonds is 6. The molecule has 0 radical (unpaired) electrons. The van der Waals surface area contributed by atoms with Gasteiger partial charge in [0.25, 0.3) is 0 Å². The number of carbonyl (C=O) groups is 2. The Bertz CT molecular complexity index is 1070. The van der Waals surface area contributed by atoms with Crippen molar-refractivity contribution in [2.24, 2.45) is 0 Å². The average Bonchev–Trinajstić information content (AvgIpc) is 3.30. The summed E-state index contributed by atoms with van der Waals surface area (Å²) in [5.74, 6) is 1.72. The van der Waals surface area contributed by atoms with E-state index in [1.807, 2.05) is 18.2 Å². The number of carboxylic acids is 1. The summed E-state index contributed by atoms with van der Waals surface area (Å²) >= 11 is 0. The Morgan fingerprint density at radius 1 is 1.26 bits per heavy atom.